The number of hydrogen-bond acceptors (Lipinski definition) is 2. The summed E-state index contributed by atoms with van der Waals surface area (Å²) in [5.41, 5.74) is 2.06. The van der Waals surface area contributed by atoms with Gasteiger partial charge in [-0.15, -0.1) is 0 Å². The Labute approximate surface area is 106 Å². The van der Waals surface area contributed by atoms with Gasteiger partial charge in [0.1, 0.15) is 0 Å². The lowest BCUT2D eigenvalue weighted by atomic mass is 9.86. The van der Waals surface area contributed by atoms with Crippen molar-refractivity contribution in [3.8, 4) is 0 Å². The second kappa shape index (κ2) is 4.40. The minimum atomic E-state index is 0.254. The van der Waals surface area contributed by atoms with E-state index >= 15 is 0 Å². The molecule has 0 amide bonds. The van der Waals surface area contributed by atoms with Crippen molar-refractivity contribution >= 4 is 0 Å². The number of nitrogens with one attached hydrogen (secondary N) is 1. The Balaban J connectivity index is 2.11. The van der Waals surface area contributed by atoms with Gasteiger partial charge in [0.05, 0.1) is 0 Å². The predicted octanol–water partition coefficient (Wildman–Crippen LogP) is 2.81. The van der Waals surface area contributed by atoms with Crippen molar-refractivity contribution in [1.29, 1.82) is 0 Å². The Hall–Kier alpha value is -0.340. The van der Waals surface area contributed by atoms with Gasteiger partial charge in [0.2, 0.25) is 0 Å². The van der Waals surface area contributed by atoms with E-state index in [4.69, 9.17) is 0 Å². The third kappa shape index (κ3) is 2.92. The molecule has 0 radical (unpaired) electrons. The van der Waals surface area contributed by atoms with E-state index in [2.05, 4.69) is 50.9 Å². The van der Waals surface area contributed by atoms with Crippen molar-refractivity contribution in [3.63, 3.8) is 0 Å². The smallest absolute Gasteiger partial charge is 0.0338 e. The number of hydrogen-bond donors (Lipinski definition) is 1. The highest BCUT2D eigenvalue weighted by Gasteiger charge is 2.49. The first-order valence-corrected chi connectivity index (χ1v) is 6.97. The van der Waals surface area contributed by atoms with Crippen molar-refractivity contribution in [1.82, 2.24) is 10.2 Å². The second-order valence-corrected chi connectivity index (χ2v) is 7.03. The normalized spacial score (nSPS) is 33.5. The number of allylic oxidation sites excluding steroid dienone is 1. The van der Waals surface area contributed by atoms with Gasteiger partial charge in [-0.2, -0.15) is 0 Å². The zero-order chi connectivity index (χ0) is 12.7. The summed E-state index contributed by atoms with van der Waals surface area (Å²) in [4.78, 5) is 2.70. The molecule has 0 aromatic carbocycles. The summed E-state index contributed by atoms with van der Waals surface area (Å²) in [6, 6.07) is 0. The van der Waals surface area contributed by atoms with E-state index in [1.165, 1.54) is 18.4 Å². The van der Waals surface area contributed by atoms with Gasteiger partial charge in [-0.05, 0) is 53.4 Å². The molecule has 1 N–H and O–H groups in total. The second-order valence-electron chi connectivity index (χ2n) is 7.03. The molecule has 1 saturated carbocycles. The molecule has 1 saturated heterocycles. The predicted molar refractivity (Wildman–Crippen MR) is 74.2 cm³/mol. The van der Waals surface area contributed by atoms with Crippen LogP contribution in [0, 0.1) is 5.92 Å². The first-order valence-electron chi connectivity index (χ1n) is 6.97. The monoisotopic (exact) mass is 236 g/mol. The minimum absolute atomic E-state index is 0.254. The van der Waals surface area contributed by atoms with Crippen molar-refractivity contribution < 1.29 is 0 Å². The molecule has 1 unspecified atom stereocenters. The van der Waals surface area contributed by atoms with Gasteiger partial charge >= 0.3 is 0 Å². The van der Waals surface area contributed by atoms with Gasteiger partial charge in [-0.25, -0.2) is 0 Å². The van der Waals surface area contributed by atoms with Gasteiger partial charge in [0.25, 0.3) is 0 Å². The van der Waals surface area contributed by atoms with E-state index in [1.54, 1.807) is 0 Å². The minimum Gasteiger partial charge on any atom is -0.309 e. The van der Waals surface area contributed by atoms with E-state index in [-0.39, 0.29) is 5.54 Å². The summed E-state index contributed by atoms with van der Waals surface area (Å²) in [6.45, 7) is 14.9. The summed E-state index contributed by atoms with van der Waals surface area (Å²) in [7, 11) is 0. The van der Waals surface area contributed by atoms with Crippen LogP contribution in [0.2, 0.25) is 0 Å². The van der Waals surface area contributed by atoms with E-state index in [1.807, 2.05) is 0 Å². The van der Waals surface area contributed by atoms with Crippen molar-refractivity contribution in [2.75, 3.05) is 19.6 Å². The quantitative estimate of drug-likeness (QED) is 0.758. The maximum absolute atomic E-state index is 3.73. The molecular formula is C15H28N2. The third-order valence-corrected chi connectivity index (χ3v) is 4.41. The molecular weight excluding hydrogens is 208 g/mol. The van der Waals surface area contributed by atoms with Crippen LogP contribution >= 0.6 is 0 Å². The number of rotatable bonds is 3. The average Bonchev–Trinajstić information content (AvgIpc) is 3.03. The molecule has 1 aliphatic heterocycles. The number of piperazine rings is 1. The Kier molecular flexibility index (Phi) is 3.39. The molecule has 0 bridgehead atoms. The Bertz CT molecular complexity index is 311. The van der Waals surface area contributed by atoms with E-state index < -0.39 is 0 Å². The van der Waals surface area contributed by atoms with Crippen LogP contribution in [0.4, 0.5) is 0 Å². The molecule has 2 aliphatic rings. The van der Waals surface area contributed by atoms with Crippen LogP contribution in [0.5, 0.6) is 0 Å². The fourth-order valence-electron chi connectivity index (χ4n) is 2.92. The summed E-state index contributed by atoms with van der Waals surface area (Å²) in [5.74, 6) is 0.914. The summed E-state index contributed by atoms with van der Waals surface area (Å²) in [5, 5.41) is 3.73. The molecule has 1 aliphatic carbocycles. The highest BCUT2D eigenvalue weighted by Crippen LogP contribution is 2.44. The van der Waals surface area contributed by atoms with Crippen LogP contribution in [0.3, 0.4) is 0 Å². The van der Waals surface area contributed by atoms with Crippen molar-refractivity contribution in [3.05, 3.63) is 11.6 Å². The van der Waals surface area contributed by atoms with Gasteiger partial charge < -0.3 is 5.32 Å². The summed E-state index contributed by atoms with van der Waals surface area (Å²) in [6.07, 6.45) is 5.22. The SMILES string of the molecule is CC(C)=CCN1CC(C)(C)NCC1(C)C1CC1. The molecule has 2 nitrogen and oxygen atoms in total. The van der Waals surface area contributed by atoms with Gasteiger partial charge in [-0.3, -0.25) is 4.90 Å². The molecule has 0 aromatic heterocycles. The Morgan fingerprint density at radius 2 is 1.94 bits per heavy atom. The molecule has 17 heavy (non-hydrogen) atoms. The summed E-state index contributed by atoms with van der Waals surface area (Å²) < 4.78 is 0. The number of nitrogens with zero attached hydrogens (tertiary/aromatic N) is 1. The van der Waals surface area contributed by atoms with Gasteiger partial charge in [0, 0.05) is 30.7 Å². The molecule has 0 aromatic rings. The fourth-order valence-corrected chi connectivity index (χ4v) is 2.92. The lowest BCUT2D eigenvalue weighted by molar-refractivity contribution is 0.0215. The molecule has 2 fully saturated rings. The highest BCUT2D eigenvalue weighted by atomic mass is 15.3. The van der Waals surface area contributed by atoms with Crippen LogP contribution in [0.25, 0.3) is 0 Å². The summed E-state index contributed by atoms with van der Waals surface area (Å²) >= 11 is 0. The first kappa shape index (κ1) is 13.1. The third-order valence-electron chi connectivity index (χ3n) is 4.41. The molecule has 1 heterocycles. The maximum atomic E-state index is 3.73. The first-order chi connectivity index (χ1) is 7.83. The highest BCUT2D eigenvalue weighted by molar-refractivity contribution is 5.09. The maximum Gasteiger partial charge on any atom is 0.0338 e. The van der Waals surface area contributed by atoms with E-state index in [9.17, 15) is 0 Å². The Morgan fingerprint density at radius 1 is 1.29 bits per heavy atom. The van der Waals surface area contributed by atoms with Crippen LogP contribution in [0.15, 0.2) is 11.6 Å². The Morgan fingerprint density at radius 3 is 2.47 bits per heavy atom. The molecule has 2 rings (SSSR count). The molecule has 2 heteroatoms. The van der Waals surface area contributed by atoms with Crippen LogP contribution in [0.1, 0.15) is 47.5 Å². The molecule has 98 valence electrons. The van der Waals surface area contributed by atoms with Crippen LogP contribution in [-0.2, 0) is 0 Å². The van der Waals surface area contributed by atoms with Gasteiger partial charge in [-0.1, -0.05) is 11.6 Å². The van der Waals surface area contributed by atoms with Gasteiger partial charge in [0.15, 0.2) is 0 Å². The van der Waals surface area contributed by atoms with Crippen molar-refractivity contribution in [2.45, 2.75) is 58.5 Å². The standard InChI is InChI=1S/C15H28N2/c1-12(2)8-9-17-11-14(3,4)16-10-15(17,5)13-6-7-13/h8,13,16H,6-7,9-11H2,1-5H3. The average molecular weight is 236 g/mol. The van der Waals surface area contributed by atoms with E-state index in [0.29, 0.717) is 5.54 Å². The fraction of sp³-hybridized carbons (Fsp3) is 0.867. The lowest BCUT2D eigenvalue weighted by Crippen LogP contribution is -2.68. The molecule has 0 spiro atoms. The molecule has 1 atom stereocenters. The van der Waals surface area contributed by atoms with Crippen molar-refractivity contribution in [2.24, 2.45) is 5.92 Å². The van der Waals surface area contributed by atoms with Crippen LogP contribution in [-0.4, -0.2) is 35.6 Å². The lowest BCUT2D eigenvalue weighted by Gasteiger charge is -2.51. The zero-order valence-corrected chi connectivity index (χ0v) is 12.1. The van der Waals surface area contributed by atoms with Crippen LogP contribution < -0.4 is 5.32 Å². The zero-order valence-electron chi connectivity index (χ0n) is 12.1. The topological polar surface area (TPSA) is 15.3 Å². The van der Waals surface area contributed by atoms with E-state index in [0.717, 1.165) is 25.6 Å². The largest absolute Gasteiger partial charge is 0.309 e.